The van der Waals surface area contributed by atoms with Crippen molar-refractivity contribution < 1.29 is 0 Å². The number of hydrogen-bond acceptors (Lipinski definition) is 1. The van der Waals surface area contributed by atoms with Gasteiger partial charge in [0.15, 0.2) is 0 Å². The molecule has 1 heteroatoms. The van der Waals surface area contributed by atoms with E-state index in [4.69, 9.17) is 0 Å². The molecule has 10 heavy (non-hydrogen) atoms. The zero-order valence-corrected chi connectivity index (χ0v) is 7.95. The smallest absolute Gasteiger partial charge is 0.00758 e. The van der Waals surface area contributed by atoms with E-state index in [-0.39, 0.29) is 4.75 Å². The monoisotopic (exact) mass is 158 g/mol. The summed E-state index contributed by atoms with van der Waals surface area (Å²) in [6.07, 6.45) is 7.10. The van der Waals surface area contributed by atoms with E-state index in [9.17, 15) is 0 Å². The van der Waals surface area contributed by atoms with Crippen LogP contribution in [0.5, 0.6) is 0 Å². The van der Waals surface area contributed by atoms with Gasteiger partial charge in [0.2, 0.25) is 0 Å². The number of hydrogen-bond donors (Lipinski definition) is 1. The van der Waals surface area contributed by atoms with Crippen LogP contribution in [0, 0.1) is 5.92 Å². The van der Waals surface area contributed by atoms with Gasteiger partial charge in [-0.15, -0.1) is 0 Å². The van der Waals surface area contributed by atoms with Crippen molar-refractivity contribution in [3.05, 3.63) is 0 Å². The van der Waals surface area contributed by atoms with Crippen molar-refractivity contribution in [3.63, 3.8) is 0 Å². The van der Waals surface area contributed by atoms with Crippen LogP contribution in [0.25, 0.3) is 0 Å². The third-order valence-corrected chi connectivity index (χ3v) is 2.45. The third-order valence-electron chi connectivity index (χ3n) is 2.26. The Morgan fingerprint density at radius 2 is 1.80 bits per heavy atom. The molecule has 1 fully saturated rings. The van der Waals surface area contributed by atoms with Crippen LogP contribution >= 0.6 is 12.6 Å². The Morgan fingerprint density at radius 1 is 1.30 bits per heavy atom. The zero-order valence-electron chi connectivity index (χ0n) is 7.06. The average Bonchev–Trinajstić information content (AvgIpc) is 2.12. The van der Waals surface area contributed by atoms with Crippen LogP contribution in [0.1, 0.15) is 46.0 Å². The van der Waals surface area contributed by atoms with E-state index in [0.29, 0.717) is 0 Å². The van der Waals surface area contributed by atoms with Gasteiger partial charge in [-0.1, -0.05) is 39.5 Å². The van der Waals surface area contributed by atoms with Gasteiger partial charge in [-0.25, -0.2) is 0 Å². The summed E-state index contributed by atoms with van der Waals surface area (Å²) in [6, 6.07) is 0. The molecule has 0 nitrogen and oxygen atoms in total. The molecule has 0 N–H and O–H groups in total. The first-order valence-electron chi connectivity index (χ1n) is 4.30. The molecule has 1 aliphatic rings. The minimum atomic E-state index is 0.259. The van der Waals surface area contributed by atoms with Crippen LogP contribution in [0.4, 0.5) is 0 Å². The van der Waals surface area contributed by atoms with Gasteiger partial charge in [0.05, 0.1) is 0 Å². The second-order valence-electron chi connectivity index (χ2n) is 4.17. The number of thiol groups is 1. The quantitative estimate of drug-likeness (QED) is 0.586. The molecule has 0 radical (unpaired) electrons. The Kier molecular flexibility index (Phi) is 2.67. The Morgan fingerprint density at radius 3 is 2.20 bits per heavy atom. The average molecular weight is 158 g/mol. The molecule has 0 aromatic carbocycles. The van der Waals surface area contributed by atoms with Crippen molar-refractivity contribution in [2.45, 2.75) is 50.7 Å². The van der Waals surface area contributed by atoms with E-state index in [2.05, 4.69) is 26.5 Å². The van der Waals surface area contributed by atoms with Gasteiger partial charge in [-0.05, 0) is 12.3 Å². The van der Waals surface area contributed by atoms with Gasteiger partial charge in [0.1, 0.15) is 0 Å². The molecule has 0 atom stereocenters. The van der Waals surface area contributed by atoms with Crippen molar-refractivity contribution in [1.82, 2.24) is 0 Å². The van der Waals surface area contributed by atoms with E-state index in [0.717, 1.165) is 5.92 Å². The molecule has 1 aliphatic carbocycles. The van der Waals surface area contributed by atoms with Crippen molar-refractivity contribution in [2.24, 2.45) is 5.92 Å². The largest absolute Gasteiger partial charge is 0.173 e. The molecule has 0 bridgehead atoms. The lowest BCUT2D eigenvalue weighted by Gasteiger charge is -2.21. The summed E-state index contributed by atoms with van der Waals surface area (Å²) >= 11 is 4.53. The van der Waals surface area contributed by atoms with Gasteiger partial charge in [-0.3, -0.25) is 0 Å². The molecule has 0 aromatic heterocycles. The second-order valence-corrected chi connectivity index (χ2v) is 5.38. The van der Waals surface area contributed by atoms with Crippen LogP contribution in [0.3, 0.4) is 0 Å². The summed E-state index contributed by atoms with van der Waals surface area (Å²) in [5, 5.41) is 0. The van der Waals surface area contributed by atoms with E-state index in [1.165, 1.54) is 32.1 Å². The summed E-state index contributed by atoms with van der Waals surface area (Å²) < 4.78 is 0.259. The summed E-state index contributed by atoms with van der Waals surface area (Å²) in [4.78, 5) is 0. The fourth-order valence-corrected chi connectivity index (χ4v) is 2.18. The maximum Gasteiger partial charge on any atom is 0.00758 e. The molecule has 0 heterocycles. The summed E-state index contributed by atoms with van der Waals surface area (Å²) in [5.41, 5.74) is 0. The highest BCUT2D eigenvalue weighted by Crippen LogP contribution is 2.33. The SMILES string of the molecule is CC(C)(S)CC1CCCC1. The maximum atomic E-state index is 4.53. The van der Waals surface area contributed by atoms with Crippen LogP contribution in [-0.2, 0) is 0 Å². The minimum absolute atomic E-state index is 0.259. The lowest BCUT2D eigenvalue weighted by atomic mass is 9.95. The molecular weight excluding hydrogens is 140 g/mol. The molecule has 0 spiro atoms. The van der Waals surface area contributed by atoms with E-state index >= 15 is 0 Å². The molecule has 1 saturated carbocycles. The lowest BCUT2D eigenvalue weighted by molar-refractivity contribution is 0.447. The van der Waals surface area contributed by atoms with Gasteiger partial charge in [0.25, 0.3) is 0 Å². The molecule has 1 rings (SSSR count). The fraction of sp³-hybridized carbons (Fsp3) is 1.00. The van der Waals surface area contributed by atoms with Crippen LogP contribution in [0.2, 0.25) is 0 Å². The molecule has 0 amide bonds. The van der Waals surface area contributed by atoms with Crippen molar-refractivity contribution >= 4 is 12.6 Å². The summed E-state index contributed by atoms with van der Waals surface area (Å²) in [5.74, 6) is 0.979. The molecule has 0 aliphatic heterocycles. The molecule has 0 aromatic rings. The van der Waals surface area contributed by atoms with Gasteiger partial charge in [-0.2, -0.15) is 12.6 Å². The predicted molar refractivity (Wildman–Crippen MR) is 49.6 cm³/mol. The molecule has 60 valence electrons. The number of rotatable bonds is 2. The highest BCUT2D eigenvalue weighted by Gasteiger charge is 2.21. The van der Waals surface area contributed by atoms with Gasteiger partial charge < -0.3 is 0 Å². The minimum Gasteiger partial charge on any atom is -0.173 e. The Balaban J connectivity index is 2.24. The van der Waals surface area contributed by atoms with E-state index < -0.39 is 0 Å². The topological polar surface area (TPSA) is 0 Å². The van der Waals surface area contributed by atoms with Crippen LogP contribution < -0.4 is 0 Å². The summed E-state index contributed by atoms with van der Waals surface area (Å²) in [6.45, 7) is 4.43. The van der Waals surface area contributed by atoms with Crippen molar-refractivity contribution in [2.75, 3.05) is 0 Å². The van der Waals surface area contributed by atoms with Gasteiger partial charge >= 0.3 is 0 Å². The Bertz CT molecular complexity index is 95.8. The van der Waals surface area contributed by atoms with Gasteiger partial charge in [0, 0.05) is 4.75 Å². The second kappa shape index (κ2) is 3.17. The van der Waals surface area contributed by atoms with Crippen molar-refractivity contribution in [1.29, 1.82) is 0 Å². The first-order chi connectivity index (χ1) is 4.58. The van der Waals surface area contributed by atoms with Crippen LogP contribution in [0.15, 0.2) is 0 Å². The first-order valence-corrected chi connectivity index (χ1v) is 4.75. The first kappa shape index (κ1) is 8.45. The van der Waals surface area contributed by atoms with Crippen LogP contribution in [-0.4, -0.2) is 4.75 Å². The third kappa shape index (κ3) is 2.96. The fourth-order valence-electron chi connectivity index (χ4n) is 1.92. The highest BCUT2D eigenvalue weighted by molar-refractivity contribution is 7.81. The Labute approximate surface area is 69.8 Å². The molecular formula is C9H18S. The lowest BCUT2D eigenvalue weighted by Crippen LogP contribution is -2.14. The van der Waals surface area contributed by atoms with E-state index in [1.807, 2.05) is 0 Å². The zero-order chi connectivity index (χ0) is 7.61. The Hall–Kier alpha value is 0.350. The normalized spacial score (nSPS) is 21.9. The molecule has 0 unspecified atom stereocenters. The predicted octanol–water partition coefficient (Wildman–Crippen LogP) is 3.28. The van der Waals surface area contributed by atoms with Crippen molar-refractivity contribution in [3.8, 4) is 0 Å². The van der Waals surface area contributed by atoms with E-state index in [1.54, 1.807) is 0 Å². The molecule has 0 saturated heterocycles. The standard InChI is InChI=1S/C9H18S/c1-9(2,10)7-8-5-3-4-6-8/h8,10H,3-7H2,1-2H3. The highest BCUT2D eigenvalue weighted by atomic mass is 32.1. The summed E-state index contributed by atoms with van der Waals surface area (Å²) in [7, 11) is 0. The maximum absolute atomic E-state index is 4.53.